The van der Waals surface area contributed by atoms with Gasteiger partial charge in [0.25, 0.3) is 11.8 Å². The number of carbonyl (C=O) groups excluding carboxylic acids is 2. The summed E-state index contributed by atoms with van der Waals surface area (Å²) < 4.78 is 3.83. The van der Waals surface area contributed by atoms with E-state index in [9.17, 15) is 9.59 Å². The Bertz CT molecular complexity index is 3430. The van der Waals surface area contributed by atoms with Crippen molar-refractivity contribution >= 4 is 110 Å². The van der Waals surface area contributed by atoms with Crippen LogP contribution in [0.2, 0.25) is 0 Å². The van der Waals surface area contributed by atoms with Crippen LogP contribution in [0.3, 0.4) is 0 Å². The van der Waals surface area contributed by atoms with E-state index in [4.69, 9.17) is 0 Å². The number of carbonyl (C=O) groups is 2. The molecule has 0 saturated heterocycles. The van der Waals surface area contributed by atoms with Crippen LogP contribution in [-0.2, 0) is 23.7 Å². The summed E-state index contributed by atoms with van der Waals surface area (Å²) in [7, 11) is 0. The Hall–Kier alpha value is -4.22. The molecule has 1 aliphatic rings. The van der Waals surface area contributed by atoms with Crippen molar-refractivity contribution in [3.05, 3.63) is 138 Å². The predicted molar refractivity (Wildman–Crippen MR) is 356 cm³/mol. The van der Waals surface area contributed by atoms with E-state index in [2.05, 4.69) is 171 Å². The molecule has 0 fully saturated rings. The Balaban J connectivity index is 1.25. The standard InChI is InChI=1S/C71H85NO2S6/c1-10-18-21-22-29-41-72-68(73)61-60-65(79-66(61)69(72)74)64(80-67(60)70(9,16-7)48-32-25-23-26-33-48)56-44-52-58(54-38-36-50(75-54)42-46(14-5)30-19-11-2)63-53(45-57(78-63)71(17-8,40-13-4)49-34-27-24-28-35-49)59(62(52)77-56)55-39-37-51(76-55)43-47(15-6)31-20-12-3/h23-28,32-39,44-47H,10-22,29-31,40-43H2,1-9H3. The normalized spacial score (nSPS) is 15.2. The van der Waals surface area contributed by atoms with Crippen molar-refractivity contribution in [2.24, 2.45) is 11.8 Å². The van der Waals surface area contributed by atoms with Crippen molar-refractivity contribution in [2.45, 2.75) is 195 Å². The average molecular weight is 1180 g/mol. The van der Waals surface area contributed by atoms with Crippen molar-refractivity contribution in [1.82, 2.24) is 4.90 Å². The van der Waals surface area contributed by atoms with E-state index in [0.29, 0.717) is 28.8 Å². The second kappa shape index (κ2) is 26.1. The number of thiophene rings is 6. The second-order valence-electron chi connectivity index (χ2n) is 23.3. The van der Waals surface area contributed by atoms with E-state index in [0.717, 1.165) is 74.3 Å². The number of hydrogen-bond donors (Lipinski definition) is 0. The average Bonchev–Trinajstić information content (AvgIpc) is 4.45. The van der Waals surface area contributed by atoms with Gasteiger partial charge < -0.3 is 0 Å². The first-order valence-electron chi connectivity index (χ1n) is 30.8. The van der Waals surface area contributed by atoms with Crippen LogP contribution in [0.15, 0.2) is 97.1 Å². The third kappa shape index (κ3) is 11.2. The number of rotatable bonds is 29. The van der Waals surface area contributed by atoms with Gasteiger partial charge in [-0.2, -0.15) is 0 Å². The predicted octanol–water partition coefficient (Wildman–Crippen LogP) is 23.8. The number of unbranched alkanes of at least 4 members (excludes halogenated alkanes) is 6. The van der Waals surface area contributed by atoms with E-state index < -0.39 is 0 Å². The van der Waals surface area contributed by atoms with Gasteiger partial charge in [0.2, 0.25) is 0 Å². The molecule has 4 unspecified atom stereocenters. The molecule has 6 aromatic heterocycles. The van der Waals surface area contributed by atoms with Gasteiger partial charge in [-0.1, -0.05) is 206 Å². The Morgan fingerprint density at radius 2 is 1.06 bits per heavy atom. The first-order chi connectivity index (χ1) is 39.0. The largest absolute Gasteiger partial charge is 0.274 e. The quantitative estimate of drug-likeness (QED) is 0.0346. The van der Waals surface area contributed by atoms with Gasteiger partial charge in [-0.25, -0.2) is 0 Å². The molecule has 10 rings (SSSR count). The van der Waals surface area contributed by atoms with Crippen LogP contribution in [-0.4, -0.2) is 23.3 Å². The fraction of sp³-hybridized carbons (Fsp3) is 0.465. The zero-order valence-electron chi connectivity index (χ0n) is 49.2. The summed E-state index contributed by atoms with van der Waals surface area (Å²) >= 11 is 11.5. The van der Waals surface area contributed by atoms with Crippen LogP contribution in [0.1, 0.15) is 222 Å². The van der Waals surface area contributed by atoms with Gasteiger partial charge in [0.15, 0.2) is 0 Å². The van der Waals surface area contributed by atoms with Gasteiger partial charge in [0, 0.05) is 88.2 Å². The fourth-order valence-corrected chi connectivity index (χ4v) is 21.5. The molecule has 9 heteroatoms. The smallest absolute Gasteiger partial charge is 0.271 e. The number of benzene rings is 3. The van der Waals surface area contributed by atoms with Crippen molar-refractivity contribution < 1.29 is 9.59 Å². The minimum absolute atomic E-state index is 0.107. The summed E-state index contributed by atoms with van der Waals surface area (Å²) in [5, 5.41) is 3.71. The summed E-state index contributed by atoms with van der Waals surface area (Å²) in [6, 6.07) is 37.3. The number of amides is 2. The molecule has 80 heavy (non-hydrogen) atoms. The van der Waals surface area contributed by atoms with Crippen molar-refractivity contribution in [3.8, 4) is 30.6 Å². The molecule has 0 N–H and O–H groups in total. The number of hydrogen-bond acceptors (Lipinski definition) is 8. The molecule has 0 aliphatic carbocycles. The molecule has 9 aromatic rings. The van der Waals surface area contributed by atoms with E-state index in [-0.39, 0.29) is 22.6 Å². The number of fused-ring (bicyclic) bond motifs is 5. The molecule has 0 bridgehead atoms. The zero-order chi connectivity index (χ0) is 56.1. The highest BCUT2D eigenvalue weighted by atomic mass is 32.1. The third-order valence-corrected chi connectivity index (χ3v) is 25.9. The molecular weight excluding hydrogens is 1090 g/mol. The van der Waals surface area contributed by atoms with Crippen molar-refractivity contribution in [3.63, 3.8) is 0 Å². The number of nitrogens with zero attached hydrogens (tertiary/aromatic N) is 1. The summed E-state index contributed by atoms with van der Waals surface area (Å²) in [4.78, 5) is 42.6. The van der Waals surface area contributed by atoms with Gasteiger partial charge in [0.1, 0.15) is 4.88 Å². The highest BCUT2D eigenvalue weighted by molar-refractivity contribution is 7.32. The fourth-order valence-electron chi connectivity index (χ4n) is 13.1. The highest BCUT2D eigenvalue weighted by Crippen LogP contribution is 2.59. The molecular formula is C71H85NO2S6. The Morgan fingerprint density at radius 1 is 0.487 bits per heavy atom. The summed E-state index contributed by atoms with van der Waals surface area (Å²) in [5.74, 6) is 1.15. The molecule has 7 heterocycles. The lowest BCUT2D eigenvalue weighted by Crippen LogP contribution is -2.31. The minimum atomic E-state index is -0.384. The maximum Gasteiger partial charge on any atom is 0.271 e. The number of imide groups is 1. The Labute approximate surface area is 502 Å². The van der Waals surface area contributed by atoms with Crippen LogP contribution >= 0.6 is 68.0 Å². The zero-order valence-corrected chi connectivity index (χ0v) is 54.1. The summed E-state index contributed by atoms with van der Waals surface area (Å²) in [5.41, 5.74) is 5.54. The highest BCUT2D eigenvalue weighted by Gasteiger charge is 2.44. The van der Waals surface area contributed by atoms with Crippen molar-refractivity contribution in [2.75, 3.05) is 6.54 Å². The van der Waals surface area contributed by atoms with Crippen LogP contribution < -0.4 is 0 Å². The molecule has 0 radical (unpaired) electrons. The molecule has 0 saturated carbocycles. The first kappa shape index (κ1) is 59.0. The molecule has 1 aliphatic heterocycles. The monoisotopic (exact) mass is 1180 g/mol. The Morgan fingerprint density at radius 3 is 1.62 bits per heavy atom. The second-order valence-corrected chi connectivity index (χ2v) is 29.8. The Kier molecular flexibility index (Phi) is 19.3. The minimum Gasteiger partial charge on any atom is -0.274 e. The van der Waals surface area contributed by atoms with E-state index in [1.807, 2.05) is 45.3 Å². The molecule has 3 nitrogen and oxygen atoms in total. The van der Waals surface area contributed by atoms with Gasteiger partial charge in [-0.3, -0.25) is 14.5 Å². The van der Waals surface area contributed by atoms with Gasteiger partial charge >= 0.3 is 0 Å². The van der Waals surface area contributed by atoms with Crippen LogP contribution in [0.25, 0.3) is 60.9 Å². The van der Waals surface area contributed by atoms with Crippen LogP contribution in [0, 0.1) is 11.8 Å². The van der Waals surface area contributed by atoms with Crippen LogP contribution in [0.5, 0.6) is 0 Å². The van der Waals surface area contributed by atoms with E-state index in [1.54, 1.807) is 16.2 Å². The molecule has 0 spiro atoms. The van der Waals surface area contributed by atoms with Crippen LogP contribution in [0.4, 0.5) is 0 Å². The molecule has 4 atom stereocenters. The van der Waals surface area contributed by atoms with Crippen molar-refractivity contribution in [1.29, 1.82) is 0 Å². The summed E-state index contributed by atoms with van der Waals surface area (Å²) in [6.45, 7) is 21.5. The van der Waals surface area contributed by atoms with Gasteiger partial charge in [0.05, 0.1) is 15.1 Å². The maximum absolute atomic E-state index is 15.0. The van der Waals surface area contributed by atoms with Gasteiger partial charge in [-0.15, -0.1) is 68.0 Å². The van der Waals surface area contributed by atoms with E-state index >= 15 is 0 Å². The molecule has 3 aromatic carbocycles. The lowest BCUT2D eigenvalue weighted by molar-refractivity contribution is 0.0653. The lowest BCUT2D eigenvalue weighted by Gasteiger charge is -2.32. The molecule has 2 amide bonds. The first-order valence-corrected chi connectivity index (χ1v) is 35.7. The topological polar surface area (TPSA) is 37.4 Å². The lowest BCUT2D eigenvalue weighted by atomic mass is 9.73. The molecule has 422 valence electrons. The third-order valence-electron chi connectivity index (χ3n) is 18.2. The van der Waals surface area contributed by atoms with Gasteiger partial charge in [-0.05, 0) is 97.9 Å². The SMILES string of the molecule is CCCCCCCN1C(=O)c2sc3c(-c4cc5c(-c6ccc(CC(CC)CCCC)s6)c6sc(C(CC)(CCC)c7ccccc7)cc6c(-c6ccc(CC(CC)CCCC)s6)c5s4)sc(C(C)(CC)c4ccccc4)c3c2C1=O. The van der Waals surface area contributed by atoms with E-state index in [1.165, 1.54) is 139 Å². The summed E-state index contributed by atoms with van der Waals surface area (Å²) in [6.07, 6.45) is 21.7. The maximum atomic E-state index is 15.0.